The number of nitrogens with zero attached hydrogens (tertiary/aromatic N) is 1. The van der Waals surface area contributed by atoms with Crippen molar-refractivity contribution in [1.29, 1.82) is 0 Å². The van der Waals surface area contributed by atoms with Gasteiger partial charge in [-0.3, -0.25) is 9.35 Å². The molecule has 0 saturated carbocycles. The van der Waals surface area contributed by atoms with Gasteiger partial charge >= 0.3 is 0 Å². The van der Waals surface area contributed by atoms with Crippen molar-refractivity contribution in [3.8, 4) is 11.4 Å². The zero-order valence-corrected chi connectivity index (χ0v) is 19.0. The summed E-state index contributed by atoms with van der Waals surface area (Å²) in [5, 5.41) is 2.36. The summed E-state index contributed by atoms with van der Waals surface area (Å²) in [5.74, 6) is 0.771. The van der Waals surface area contributed by atoms with Gasteiger partial charge in [0.2, 0.25) is 10.0 Å². The Balaban J connectivity index is 2.03. The standard InChI is InChI=1S/C22H27N3O5S/c1-22(2,3)20-15-19(25-12-13-29-24-30-25)14-17(21(20)28-4)9-6-16-7-10-18(11-8-16)23-31(5,26)27/h6-15,23-24H,1-5H3/b9-6+. The van der Waals surface area contributed by atoms with E-state index in [1.54, 1.807) is 30.2 Å². The Morgan fingerprint density at radius 3 is 2.39 bits per heavy atom. The highest BCUT2D eigenvalue weighted by atomic mass is 32.2. The quantitative estimate of drug-likeness (QED) is 0.522. The van der Waals surface area contributed by atoms with Gasteiger partial charge in [0.05, 0.1) is 25.2 Å². The van der Waals surface area contributed by atoms with E-state index in [1.165, 1.54) is 6.26 Å². The van der Waals surface area contributed by atoms with Crippen molar-refractivity contribution >= 4 is 27.9 Å². The normalized spacial score (nSPS) is 12.2. The number of rotatable bonds is 6. The van der Waals surface area contributed by atoms with Crippen LogP contribution < -0.4 is 9.46 Å². The molecule has 0 amide bonds. The van der Waals surface area contributed by atoms with E-state index in [9.17, 15) is 8.42 Å². The monoisotopic (exact) mass is 445 g/mol. The van der Waals surface area contributed by atoms with Crippen LogP contribution in [0.5, 0.6) is 5.75 Å². The highest BCUT2D eigenvalue weighted by Gasteiger charge is 2.22. The van der Waals surface area contributed by atoms with Gasteiger partial charge in [-0.25, -0.2) is 8.42 Å². The fourth-order valence-corrected chi connectivity index (χ4v) is 3.64. The lowest BCUT2D eigenvalue weighted by Gasteiger charge is -2.24. The fourth-order valence-electron chi connectivity index (χ4n) is 3.08. The van der Waals surface area contributed by atoms with Crippen molar-refractivity contribution in [3.63, 3.8) is 0 Å². The van der Waals surface area contributed by atoms with Crippen LogP contribution in [-0.4, -0.2) is 31.9 Å². The van der Waals surface area contributed by atoms with Crippen LogP contribution in [0.4, 0.5) is 5.69 Å². The molecular formula is C22H27N3O5S. The third kappa shape index (κ3) is 5.85. The van der Waals surface area contributed by atoms with E-state index in [1.807, 2.05) is 36.4 Å². The van der Waals surface area contributed by atoms with E-state index < -0.39 is 10.0 Å². The highest BCUT2D eigenvalue weighted by molar-refractivity contribution is 7.92. The first-order chi connectivity index (χ1) is 14.6. The van der Waals surface area contributed by atoms with E-state index in [0.717, 1.165) is 34.4 Å². The number of nitrogens with one attached hydrogen (secondary N) is 2. The van der Waals surface area contributed by atoms with Gasteiger partial charge in [0, 0.05) is 16.8 Å². The average Bonchev–Trinajstić information content (AvgIpc) is 2.71. The maximum Gasteiger partial charge on any atom is 0.229 e. The Bertz CT molecular complexity index is 1190. The molecule has 31 heavy (non-hydrogen) atoms. The molecule has 0 atom stereocenters. The molecule has 0 unspecified atom stereocenters. The molecule has 3 rings (SSSR count). The Morgan fingerprint density at radius 2 is 1.84 bits per heavy atom. The summed E-state index contributed by atoms with van der Waals surface area (Å²) < 4.78 is 42.7. The second-order valence-electron chi connectivity index (χ2n) is 8.10. The van der Waals surface area contributed by atoms with E-state index in [2.05, 4.69) is 30.8 Å². The van der Waals surface area contributed by atoms with Crippen molar-refractivity contribution in [1.82, 2.24) is 10.1 Å². The van der Waals surface area contributed by atoms with Crippen LogP contribution in [0, 0.1) is 0 Å². The second kappa shape index (κ2) is 8.81. The molecule has 0 aliphatic rings. The van der Waals surface area contributed by atoms with Gasteiger partial charge in [-0.2, -0.15) is 4.74 Å². The number of aromatic nitrogens is 2. The Labute approximate surface area is 181 Å². The van der Waals surface area contributed by atoms with Gasteiger partial charge in [0.25, 0.3) is 0 Å². The molecule has 1 heterocycles. The van der Waals surface area contributed by atoms with Crippen molar-refractivity contribution in [2.24, 2.45) is 0 Å². The number of hydrogen-bond acceptors (Lipinski definition) is 5. The molecule has 8 nitrogen and oxygen atoms in total. The Morgan fingerprint density at radius 1 is 1.13 bits per heavy atom. The zero-order chi connectivity index (χ0) is 22.6. The molecule has 2 aromatic carbocycles. The number of benzene rings is 2. The van der Waals surface area contributed by atoms with Crippen molar-refractivity contribution in [2.45, 2.75) is 26.2 Å². The maximum absolute atomic E-state index is 11.4. The Hall–Kier alpha value is -3.33. The van der Waals surface area contributed by atoms with Crippen LogP contribution in [0.2, 0.25) is 0 Å². The molecule has 0 bridgehead atoms. The molecule has 166 valence electrons. The number of ether oxygens (including phenoxy) is 1. The summed E-state index contributed by atoms with van der Waals surface area (Å²) in [6, 6.07) is 11.1. The molecule has 1 aromatic heterocycles. The van der Waals surface area contributed by atoms with Gasteiger partial charge in [0.15, 0.2) is 0 Å². The first-order valence-electron chi connectivity index (χ1n) is 9.59. The number of sulfonamides is 1. The minimum atomic E-state index is -3.31. The summed E-state index contributed by atoms with van der Waals surface area (Å²) in [5.41, 5.74) is 3.93. The largest absolute Gasteiger partial charge is 0.496 e. The first kappa shape index (κ1) is 22.4. The lowest BCUT2D eigenvalue weighted by molar-refractivity contribution is 0.0897. The van der Waals surface area contributed by atoms with Crippen LogP contribution in [0.25, 0.3) is 17.8 Å². The Kier molecular flexibility index (Phi) is 6.35. The van der Waals surface area contributed by atoms with Gasteiger partial charge in [-0.15, -0.1) is 0 Å². The van der Waals surface area contributed by atoms with Gasteiger partial charge in [0.1, 0.15) is 12.0 Å². The topological polar surface area (TPSA) is 102 Å². The third-order valence-electron chi connectivity index (χ3n) is 4.49. The van der Waals surface area contributed by atoms with Gasteiger partial charge in [-0.05, 0) is 35.2 Å². The third-order valence-corrected chi connectivity index (χ3v) is 5.09. The van der Waals surface area contributed by atoms with Crippen LogP contribution in [0.3, 0.4) is 0 Å². The van der Waals surface area contributed by atoms with Crippen LogP contribution in [-0.2, 0) is 15.4 Å². The predicted molar refractivity (Wildman–Crippen MR) is 121 cm³/mol. The summed E-state index contributed by atoms with van der Waals surface area (Å²) in [4.78, 5) is 0. The molecule has 0 saturated heterocycles. The smallest absolute Gasteiger partial charge is 0.229 e. The second-order valence-corrected chi connectivity index (χ2v) is 9.85. The van der Waals surface area contributed by atoms with Crippen molar-refractivity contribution in [2.75, 3.05) is 18.1 Å². The van der Waals surface area contributed by atoms with Crippen LogP contribution in [0.1, 0.15) is 37.5 Å². The summed E-state index contributed by atoms with van der Waals surface area (Å²) in [7, 11) is -1.66. The molecule has 3 aromatic rings. The number of hydrogen-bond donors (Lipinski definition) is 2. The van der Waals surface area contributed by atoms with E-state index in [4.69, 9.17) is 13.9 Å². The number of methoxy groups -OCH3 is 1. The van der Waals surface area contributed by atoms with E-state index in [-0.39, 0.29) is 5.41 Å². The molecule has 0 fully saturated rings. The summed E-state index contributed by atoms with van der Waals surface area (Å²) in [6.07, 6.45) is 8.15. The molecule has 0 radical (unpaired) electrons. The minimum absolute atomic E-state index is 0.174. The molecule has 0 aliphatic heterocycles. The van der Waals surface area contributed by atoms with Crippen LogP contribution in [0.15, 0.2) is 58.0 Å². The number of anilines is 1. The van der Waals surface area contributed by atoms with Gasteiger partial charge < -0.3 is 9.26 Å². The molecular weight excluding hydrogens is 418 g/mol. The van der Waals surface area contributed by atoms with Crippen LogP contribution >= 0.6 is 0 Å². The van der Waals surface area contributed by atoms with E-state index >= 15 is 0 Å². The summed E-state index contributed by atoms with van der Waals surface area (Å²) in [6.45, 7) is 6.34. The number of H-pyrrole nitrogens is 1. The molecule has 2 N–H and O–H groups in total. The first-order valence-corrected chi connectivity index (χ1v) is 11.5. The lowest BCUT2D eigenvalue weighted by atomic mass is 9.84. The minimum Gasteiger partial charge on any atom is -0.496 e. The predicted octanol–water partition coefficient (Wildman–Crippen LogP) is 4.96. The van der Waals surface area contributed by atoms with Crippen molar-refractivity contribution in [3.05, 3.63) is 65.5 Å². The molecule has 9 heteroatoms. The highest BCUT2D eigenvalue weighted by Crippen LogP contribution is 2.37. The summed E-state index contributed by atoms with van der Waals surface area (Å²) >= 11 is 0. The van der Waals surface area contributed by atoms with Gasteiger partial charge in [-0.1, -0.05) is 50.4 Å². The maximum atomic E-state index is 11.4. The molecule has 0 aliphatic carbocycles. The fraction of sp³-hybridized carbons (Fsp3) is 0.273. The van der Waals surface area contributed by atoms with Crippen molar-refractivity contribution < 1.29 is 22.3 Å². The molecule has 0 spiro atoms. The SMILES string of the molecule is COc1c(/C=C/c2ccc(NS(C)(=O)=O)cc2)cc(-n2cco[nH]o2)cc1C(C)(C)C. The number of aromatic amines is 1. The zero-order valence-electron chi connectivity index (χ0n) is 18.2. The lowest BCUT2D eigenvalue weighted by Crippen LogP contribution is -2.14. The average molecular weight is 446 g/mol. The van der Waals surface area contributed by atoms with E-state index in [0.29, 0.717) is 5.69 Å².